The third-order valence-corrected chi connectivity index (χ3v) is 1.18. The van der Waals surface area contributed by atoms with Gasteiger partial charge in [0, 0.05) is 5.54 Å². The summed E-state index contributed by atoms with van der Waals surface area (Å²) in [5.41, 5.74) is -2.03. The number of rotatable bonds is 0. The van der Waals surface area contributed by atoms with Gasteiger partial charge in [-0.3, -0.25) is 0 Å². The van der Waals surface area contributed by atoms with E-state index in [1.54, 1.807) is 0 Å². The van der Waals surface area contributed by atoms with Gasteiger partial charge >= 0.3 is 12.6 Å². The van der Waals surface area contributed by atoms with E-state index in [1.165, 1.54) is 0 Å². The third-order valence-electron chi connectivity index (χ3n) is 1.18. The van der Waals surface area contributed by atoms with E-state index in [0.717, 1.165) is 20.8 Å². The van der Waals surface area contributed by atoms with Crippen molar-refractivity contribution in [2.24, 2.45) is 0 Å². The van der Waals surface area contributed by atoms with Crippen LogP contribution in [0.3, 0.4) is 0 Å². The van der Waals surface area contributed by atoms with Gasteiger partial charge in [0.15, 0.2) is 0 Å². The van der Waals surface area contributed by atoms with E-state index >= 15 is 0 Å². The highest BCUT2D eigenvalue weighted by Crippen LogP contribution is 2.39. The molecular formula is C6H9F6N. The van der Waals surface area contributed by atoms with Gasteiger partial charge in [-0.2, -0.15) is 26.3 Å². The number of nitrogens with zero attached hydrogens (tertiary/aromatic N) is 1. The lowest BCUT2D eigenvalue weighted by Crippen LogP contribution is -2.57. The van der Waals surface area contributed by atoms with Crippen LogP contribution in [-0.4, -0.2) is 23.0 Å². The minimum Gasteiger partial charge on any atom is -0.155 e. The zero-order chi connectivity index (χ0) is 11.1. The van der Waals surface area contributed by atoms with Crippen LogP contribution in [0.25, 0.3) is 0 Å². The van der Waals surface area contributed by atoms with E-state index in [9.17, 15) is 26.3 Å². The Kier molecular flexibility index (Phi) is 2.93. The van der Waals surface area contributed by atoms with Crippen molar-refractivity contribution in [1.29, 1.82) is 0 Å². The van der Waals surface area contributed by atoms with Gasteiger partial charge in [0.25, 0.3) is 0 Å². The predicted octanol–water partition coefficient (Wildman–Crippen LogP) is 3.13. The fourth-order valence-corrected chi connectivity index (χ4v) is 0.904. The Balaban J connectivity index is 5.02. The molecule has 0 radical (unpaired) electrons. The highest BCUT2D eigenvalue weighted by Gasteiger charge is 2.58. The number of halogens is 6. The van der Waals surface area contributed by atoms with Crippen molar-refractivity contribution in [3.63, 3.8) is 0 Å². The molecule has 0 amide bonds. The van der Waals surface area contributed by atoms with Crippen LogP contribution in [-0.2, 0) is 0 Å². The Labute approximate surface area is 71.3 Å². The first kappa shape index (κ1) is 12.5. The molecule has 0 aliphatic carbocycles. The highest BCUT2D eigenvalue weighted by molar-refractivity contribution is 4.79. The van der Waals surface area contributed by atoms with Gasteiger partial charge in [0.2, 0.25) is 0 Å². The SMILES string of the molecule is CC(C)(C)N(C(F)(F)F)C(F)(F)F. The minimum absolute atomic E-state index is 0.841. The summed E-state index contributed by atoms with van der Waals surface area (Å²) in [6.45, 7) is 2.52. The molecule has 0 aliphatic heterocycles. The molecule has 80 valence electrons. The van der Waals surface area contributed by atoms with Crippen molar-refractivity contribution in [2.45, 2.75) is 38.9 Å². The summed E-state index contributed by atoms with van der Waals surface area (Å²) >= 11 is 0. The first-order chi connectivity index (χ1) is 5.37. The molecule has 7 heteroatoms. The van der Waals surface area contributed by atoms with Crippen LogP contribution >= 0.6 is 0 Å². The maximum absolute atomic E-state index is 11.9. The Bertz CT molecular complexity index is 140. The summed E-state index contributed by atoms with van der Waals surface area (Å²) in [4.78, 5) is -1.44. The lowest BCUT2D eigenvalue weighted by atomic mass is 10.1. The summed E-state index contributed by atoms with van der Waals surface area (Å²) in [5, 5.41) is 0. The summed E-state index contributed by atoms with van der Waals surface area (Å²) in [6, 6.07) is 0. The molecule has 0 atom stereocenters. The summed E-state index contributed by atoms with van der Waals surface area (Å²) in [5.74, 6) is 0. The molecule has 0 aliphatic rings. The third kappa shape index (κ3) is 3.41. The molecule has 0 rings (SSSR count). The number of alkyl halides is 6. The number of hydrogen-bond donors (Lipinski definition) is 0. The second-order valence-corrected chi connectivity index (χ2v) is 3.44. The zero-order valence-electron chi connectivity index (χ0n) is 7.22. The normalized spacial score (nSPS) is 15.2. The first-order valence-corrected chi connectivity index (χ1v) is 3.30. The van der Waals surface area contributed by atoms with Crippen molar-refractivity contribution in [1.82, 2.24) is 4.90 Å². The van der Waals surface area contributed by atoms with Gasteiger partial charge < -0.3 is 0 Å². The predicted molar refractivity (Wildman–Crippen MR) is 33.7 cm³/mol. The van der Waals surface area contributed by atoms with Crippen molar-refractivity contribution in [2.75, 3.05) is 0 Å². The van der Waals surface area contributed by atoms with Crippen LogP contribution in [0.15, 0.2) is 0 Å². The van der Waals surface area contributed by atoms with Gasteiger partial charge in [-0.15, -0.1) is 4.90 Å². The Hall–Kier alpha value is -0.460. The van der Waals surface area contributed by atoms with Gasteiger partial charge in [-0.1, -0.05) is 0 Å². The molecule has 0 bridgehead atoms. The molecule has 0 aromatic carbocycles. The summed E-state index contributed by atoms with van der Waals surface area (Å²) < 4.78 is 71.5. The van der Waals surface area contributed by atoms with Gasteiger partial charge in [0.1, 0.15) is 0 Å². The molecule has 0 spiro atoms. The second kappa shape index (κ2) is 3.04. The molecule has 0 heterocycles. The van der Waals surface area contributed by atoms with Gasteiger partial charge in [-0.25, -0.2) is 0 Å². The molecule has 0 saturated heterocycles. The Morgan fingerprint density at radius 3 is 0.923 bits per heavy atom. The van der Waals surface area contributed by atoms with Crippen LogP contribution in [0.4, 0.5) is 26.3 Å². The Morgan fingerprint density at radius 2 is 0.923 bits per heavy atom. The molecule has 0 saturated carbocycles. The second-order valence-electron chi connectivity index (χ2n) is 3.44. The molecule has 1 nitrogen and oxygen atoms in total. The van der Waals surface area contributed by atoms with Crippen molar-refractivity contribution >= 4 is 0 Å². The van der Waals surface area contributed by atoms with Crippen LogP contribution in [0.5, 0.6) is 0 Å². The zero-order valence-corrected chi connectivity index (χ0v) is 7.22. The van der Waals surface area contributed by atoms with Gasteiger partial charge in [0.05, 0.1) is 0 Å². The Morgan fingerprint density at radius 1 is 0.692 bits per heavy atom. The maximum atomic E-state index is 11.9. The molecule has 0 fully saturated rings. The minimum atomic E-state index is -5.41. The van der Waals surface area contributed by atoms with E-state index in [-0.39, 0.29) is 0 Å². The smallest absolute Gasteiger partial charge is 0.155 e. The topological polar surface area (TPSA) is 3.24 Å². The molecule has 0 N–H and O–H groups in total. The number of hydrogen-bond acceptors (Lipinski definition) is 1. The van der Waals surface area contributed by atoms with E-state index in [1.807, 2.05) is 0 Å². The molecule has 13 heavy (non-hydrogen) atoms. The fraction of sp³-hybridized carbons (Fsp3) is 1.00. The van der Waals surface area contributed by atoms with Crippen molar-refractivity contribution in [3.05, 3.63) is 0 Å². The van der Waals surface area contributed by atoms with Crippen molar-refractivity contribution < 1.29 is 26.3 Å². The lowest BCUT2D eigenvalue weighted by molar-refractivity contribution is -0.395. The lowest BCUT2D eigenvalue weighted by Gasteiger charge is -2.37. The average molecular weight is 209 g/mol. The fourth-order valence-electron chi connectivity index (χ4n) is 0.904. The first-order valence-electron chi connectivity index (χ1n) is 3.30. The summed E-state index contributed by atoms with van der Waals surface area (Å²) in [7, 11) is 0. The molecule has 0 aromatic heterocycles. The molecule has 0 unspecified atom stereocenters. The van der Waals surface area contributed by atoms with E-state index < -0.39 is 23.0 Å². The average Bonchev–Trinajstić information content (AvgIpc) is 1.44. The standard InChI is InChI=1S/C6H9F6N/c1-4(2,3)13(5(7,8)9)6(10,11)12/h1-3H3. The summed E-state index contributed by atoms with van der Waals surface area (Å²) in [6.07, 6.45) is -10.8. The largest absolute Gasteiger partial charge is 0.467 e. The van der Waals surface area contributed by atoms with Gasteiger partial charge in [-0.05, 0) is 20.8 Å². The van der Waals surface area contributed by atoms with Crippen LogP contribution < -0.4 is 0 Å². The van der Waals surface area contributed by atoms with Crippen LogP contribution in [0.1, 0.15) is 20.8 Å². The quantitative estimate of drug-likeness (QED) is 0.437. The molecule has 0 aromatic rings. The maximum Gasteiger partial charge on any atom is 0.467 e. The van der Waals surface area contributed by atoms with Crippen molar-refractivity contribution in [3.8, 4) is 0 Å². The van der Waals surface area contributed by atoms with E-state index in [4.69, 9.17) is 0 Å². The molecular weight excluding hydrogens is 200 g/mol. The van der Waals surface area contributed by atoms with Crippen LogP contribution in [0.2, 0.25) is 0 Å². The van der Waals surface area contributed by atoms with E-state index in [2.05, 4.69) is 0 Å². The monoisotopic (exact) mass is 209 g/mol. The van der Waals surface area contributed by atoms with E-state index in [0.29, 0.717) is 0 Å². The van der Waals surface area contributed by atoms with Crippen LogP contribution in [0, 0.1) is 0 Å². The highest BCUT2D eigenvalue weighted by atomic mass is 19.4.